The first kappa shape index (κ1) is 10.8. The lowest BCUT2D eigenvalue weighted by Crippen LogP contribution is -2.41. The number of nitrogens with zero attached hydrogens (tertiary/aromatic N) is 1. The number of anilines is 1. The summed E-state index contributed by atoms with van der Waals surface area (Å²) in [7, 11) is 1.75. The van der Waals surface area contributed by atoms with Crippen LogP contribution in [0.3, 0.4) is 0 Å². The average molecular weight is 223 g/mol. The second-order valence-electron chi connectivity index (χ2n) is 3.72. The van der Waals surface area contributed by atoms with E-state index in [1.165, 1.54) is 6.07 Å². The van der Waals surface area contributed by atoms with Crippen molar-refractivity contribution in [1.29, 1.82) is 0 Å². The van der Waals surface area contributed by atoms with E-state index in [1.807, 2.05) is 0 Å². The van der Waals surface area contributed by atoms with Crippen molar-refractivity contribution in [2.45, 2.75) is 12.1 Å². The summed E-state index contributed by atoms with van der Waals surface area (Å²) in [5, 5.41) is 26.7. The summed E-state index contributed by atoms with van der Waals surface area (Å²) in [6.07, 6.45) is -0.721. The minimum atomic E-state index is -0.721. The number of nitro benzene ring substituents is 1. The number of hydrogen-bond donors (Lipinski definition) is 3. The van der Waals surface area contributed by atoms with Crippen molar-refractivity contribution in [3.63, 3.8) is 0 Å². The first-order valence-corrected chi connectivity index (χ1v) is 5.01. The third-order valence-corrected chi connectivity index (χ3v) is 2.84. The van der Waals surface area contributed by atoms with E-state index in [4.69, 9.17) is 0 Å². The number of hydrogen-bond acceptors (Lipinski definition) is 5. The van der Waals surface area contributed by atoms with Crippen molar-refractivity contribution in [2.24, 2.45) is 0 Å². The molecular formula is C10H13N3O3. The maximum absolute atomic E-state index is 10.8. The molecule has 6 heteroatoms. The summed E-state index contributed by atoms with van der Waals surface area (Å²) < 4.78 is 0. The number of para-hydroxylation sites is 1. The Morgan fingerprint density at radius 3 is 3.00 bits per heavy atom. The number of rotatable bonds is 2. The zero-order valence-electron chi connectivity index (χ0n) is 8.80. The molecule has 0 unspecified atom stereocenters. The molecule has 0 amide bonds. The van der Waals surface area contributed by atoms with Crippen molar-refractivity contribution in [3.05, 3.63) is 33.9 Å². The molecule has 0 bridgehead atoms. The maximum Gasteiger partial charge on any atom is 0.292 e. The zero-order valence-corrected chi connectivity index (χ0v) is 8.80. The molecular weight excluding hydrogens is 210 g/mol. The Kier molecular flexibility index (Phi) is 2.76. The van der Waals surface area contributed by atoms with Gasteiger partial charge >= 0.3 is 0 Å². The molecule has 1 aromatic carbocycles. The first-order chi connectivity index (χ1) is 7.65. The van der Waals surface area contributed by atoms with E-state index in [9.17, 15) is 15.2 Å². The monoisotopic (exact) mass is 223 g/mol. The van der Waals surface area contributed by atoms with Crippen LogP contribution in [-0.4, -0.2) is 29.7 Å². The SMILES string of the molecule is CN[C@@H]1CNc2c(cccc2[N+](=O)[O-])[C@H]1O. The predicted molar refractivity (Wildman–Crippen MR) is 59.4 cm³/mol. The van der Waals surface area contributed by atoms with Crippen LogP contribution in [0.25, 0.3) is 0 Å². The molecule has 6 nitrogen and oxygen atoms in total. The Morgan fingerprint density at radius 1 is 1.62 bits per heavy atom. The molecule has 0 fully saturated rings. The van der Waals surface area contributed by atoms with Crippen LogP contribution in [0.1, 0.15) is 11.7 Å². The summed E-state index contributed by atoms with van der Waals surface area (Å²) in [6.45, 7) is 0.468. The van der Waals surface area contributed by atoms with Crippen molar-refractivity contribution >= 4 is 11.4 Å². The second kappa shape index (κ2) is 4.07. The summed E-state index contributed by atoms with van der Waals surface area (Å²) in [6, 6.07) is 4.58. The number of nitrogens with one attached hydrogen (secondary N) is 2. The van der Waals surface area contributed by atoms with E-state index in [0.717, 1.165) is 0 Å². The summed E-state index contributed by atoms with van der Waals surface area (Å²) >= 11 is 0. The standard InChI is InChI=1S/C10H13N3O3/c1-11-7-5-12-9-6(10(7)14)3-2-4-8(9)13(15)16/h2-4,7,10-12,14H,5H2,1H3/t7-,10-/m1/s1. The van der Waals surface area contributed by atoms with Crippen LogP contribution in [0, 0.1) is 10.1 Å². The minimum absolute atomic E-state index is 0.00565. The van der Waals surface area contributed by atoms with Gasteiger partial charge in [0.2, 0.25) is 0 Å². The van der Waals surface area contributed by atoms with E-state index in [-0.39, 0.29) is 11.7 Å². The Labute approximate surface area is 92.4 Å². The van der Waals surface area contributed by atoms with Gasteiger partial charge in [-0.2, -0.15) is 0 Å². The van der Waals surface area contributed by atoms with Gasteiger partial charge in [-0.05, 0) is 7.05 Å². The van der Waals surface area contributed by atoms with Gasteiger partial charge in [0.25, 0.3) is 5.69 Å². The van der Waals surface area contributed by atoms with Crippen LogP contribution in [-0.2, 0) is 0 Å². The van der Waals surface area contributed by atoms with Crippen LogP contribution in [0.2, 0.25) is 0 Å². The maximum atomic E-state index is 10.8. The van der Waals surface area contributed by atoms with E-state index in [0.29, 0.717) is 17.8 Å². The summed E-state index contributed by atoms with van der Waals surface area (Å²) in [5.74, 6) is 0. The van der Waals surface area contributed by atoms with Gasteiger partial charge in [0, 0.05) is 18.2 Å². The molecule has 86 valence electrons. The number of fused-ring (bicyclic) bond motifs is 1. The zero-order chi connectivity index (χ0) is 11.7. The molecule has 1 heterocycles. The first-order valence-electron chi connectivity index (χ1n) is 5.01. The van der Waals surface area contributed by atoms with Crippen molar-refractivity contribution < 1.29 is 10.0 Å². The molecule has 1 aliphatic rings. The summed E-state index contributed by atoms with van der Waals surface area (Å²) in [4.78, 5) is 10.4. The van der Waals surface area contributed by atoms with Crippen molar-refractivity contribution in [2.75, 3.05) is 18.9 Å². The molecule has 0 aliphatic carbocycles. The molecule has 2 atom stereocenters. The van der Waals surface area contributed by atoms with Gasteiger partial charge in [-0.3, -0.25) is 10.1 Å². The second-order valence-corrected chi connectivity index (χ2v) is 3.72. The van der Waals surface area contributed by atoms with Crippen LogP contribution in [0.5, 0.6) is 0 Å². The van der Waals surface area contributed by atoms with Gasteiger partial charge in [0.05, 0.1) is 17.1 Å². The number of benzene rings is 1. The molecule has 3 N–H and O–H groups in total. The van der Waals surface area contributed by atoms with Crippen molar-refractivity contribution in [3.8, 4) is 0 Å². The molecule has 0 aromatic heterocycles. The molecule has 1 aliphatic heterocycles. The van der Waals surface area contributed by atoms with Gasteiger partial charge in [-0.25, -0.2) is 0 Å². The third kappa shape index (κ3) is 1.62. The van der Waals surface area contributed by atoms with E-state index < -0.39 is 11.0 Å². The Bertz CT molecular complexity index is 422. The van der Waals surface area contributed by atoms with E-state index in [2.05, 4.69) is 10.6 Å². The van der Waals surface area contributed by atoms with Crippen LogP contribution in [0.4, 0.5) is 11.4 Å². The quantitative estimate of drug-likeness (QED) is 0.506. The fourth-order valence-electron chi connectivity index (χ4n) is 1.95. The largest absolute Gasteiger partial charge is 0.387 e. The third-order valence-electron chi connectivity index (χ3n) is 2.84. The Balaban J connectivity index is 2.46. The highest BCUT2D eigenvalue weighted by molar-refractivity contribution is 5.68. The minimum Gasteiger partial charge on any atom is -0.387 e. The van der Waals surface area contributed by atoms with E-state index >= 15 is 0 Å². The average Bonchev–Trinajstić information content (AvgIpc) is 2.29. The topological polar surface area (TPSA) is 87.4 Å². The number of aliphatic hydroxyl groups is 1. The fraction of sp³-hybridized carbons (Fsp3) is 0.400. The van der Waals surface area contributed by atoms with Crippen LogP contribution < -0.4 is 10.6 Å². The predicted octanol–water partition coefficient (Wildman–Crippen LogP) is 0.642. The van der Waals surface area contributed by atoms with Gasteiger partial charge in [-0.15, -0.1) is 0 Å². The lowest BCUT2D eigenvalue weighted by Gasteiger charge is -2.30. The molecule has 0 spiro atoms. The highest BCUT2D eigenvalue weighted by Gasteiger charge is 2.30. The van der Waals surface area contributed by atoms with Gasteiger partial charge in [0.1, 0.15) is 5.69 Å². The number of nitro groups is 1. The lowest BCUT2D eigenvalue weighted by atomic mass is 9.95. The molecule has 0 saturated carbocycles. The Hall–Kier alpha value is -1.66. The fourth-order valence-corrected chi connectivity index (χ4v) is 1.95. The molecule has 0 radical (unpaired) electrons. The van der Waals surface area contributed by atoms with Crippen molar-refractivity contribution in [1.82, 2.24) is 5.32 Å². The molecule has 0 saturated heterocycles. The number of likely N-dealkylation sites (N-methyl/N-ethyl adjacent to an activating group) is 1. The molecule has 1 aromatic rings. The Morgan fingerprint density at radius 2 is 2.38 bits per heavy atom. The molecule has 2 rings (SSSR count). The highest BCUT2D eigenvalue weighted by Crippen LogP contribution is 2.36. The van der Waals surface area contributed by atoms with Crippen LogP contribution in [0.15, 0.2) is 18.2 Å². The van der Waals surface area contributed by atoms with E-state index in [1.54, 1.807) is 19.2 Å². The molecule has 16 heavy (non-hydrogen) atoms. The van der Waals surface area contributed by atoms with Gasteiger partial charge in [0.15, 0.2) is 0 Å². The normalized spacial score (nSPS) is 23.4. The highest BCUT2D eigenvalue weighted by atomic mass is 16.6. The smallest absolute Gasteiger partial charge is 0.292 e. The van der Waals surface area contributed by atoms with Gasteiger partial charge in [-0.1, -0.05) is 12.1 Å². The van der Waals surface area contributed by atoms with Crippen LogP contribution >= 0.6 is 0 Å². The lowest BCUT2D eigenvalue weighted by molar-refractivity contribution is -0.384. The van der Waals surface area contributed by atoms with Gasteiger partial charge < -0.3 is 15.7 Å². The summed E-state index contributed by atoms with van der Waals surface area (Å²) in [5.41, 5.74) is 0.998. The number of aliphatic hydroxyl groups excluding tert-OH is 1.